The number of amides is 1. The van der Waals surface area contributed by atoms with Crippen molar-refractivity contribution in [3.8, 4) is 11.5 Å². The van der Waals surface area contributed by atoms with E-state index >= 15 is 0 Å². The summed E-state index contributed by atoms with van der Waals surface area (Å²) in [5, 5.41) is 0.137. The van der Waals surface area contributed by atoms with Crippen LogP contribution in [0.1, 0.15) is 16.9 Å². The molecule has 4 aromatic rings. The van der Waals surface area contributed by atoms with Crippen molar-refractivity contribution in [1.82, 2.24) is 4.98 Å². The highest BCUT2D eigenvalue weighted by atomic mass is 32.1. The Kier molecular flexibility index (Phi) is 5.29. The summed E-state index contributed by atoms with van der Waals surface area (Å²) in [5.41, 5.74) is -0.333. The third-order valence-electron chi connectivity index (χ3n) is 4.92. The molecule has 2 aromatic heterocycles. The Morgan fingerprint density at radius 1 is 1.12 bits per heavy atom. The van der Waals surface area contributed by atoms with Crippen molar-refractivity contribution in [3.05, 3.63) is 77.8 Å². The minimum atomic E-state index is -4.56. The number of alkyl halides is 3. The Morgan fingerprint density at radius 2 is 1.97 bits per heavy atom. The highest BCUT2D eigenvalue weighted by Gasteiger charge is 2.34. The molecule has 6 nitrogen and oxygen atoms in total. The number of carbonyl (C=O) groups excluding carboxylic acids is 1. The van der Waals surface area contributed by atoms with Gasteiger partial charge in [-0.05, 0) is 48.0 Å². The Bertz CT molecular complexity index is 1350. The molecule has 3 heterocycles. The van der Waals surface area contributed by atoms with E-state index in [9.17, 15) is 18.0 Å². The minimum absolute atomic E-state index is 0.0124. The van der Waals surface area contributed by atoms with Crippen LogP contribution >= 0.6 is 11.3 Å². The first-order valence-corrected chi connectivity index (χ1v) is 10.6. The van der Waals surface area contributed by atoms with Gasteiger partial charge in [-0.1, -0.05) is 23.5 Å². The van der Waals surface area contributed by atoms with Crippen molar-refractivity contribution < 1.29 is 31.9 Å². The van der Waals surface area contributed by atoms with Gasteiger partial charge in [0, 0.05) is 6.08 Å². The van der Waals surface area contributed by atoms with Gasteiger partial charge < -0.3 is 13.9 Å². The monoisotopic (exact) mass is 472 g/mol. The first-order chi connectivity index (χ1) is 15.9. The molecular weight excluding hydrogens is 457 g/mol. The summed E-state index contributed by atoms with van der Waals surface area (Å²) in [6.07, 6.45) is -0.175. The van der Waals surface area contributed by atoms with Gasteiger partial charge in [-0.3, -0.25) is 9.69 Å². The Balaban J connectivity index is 1.49. The molecule has 0 saturated carbocycles. The lowest BCUT2D eigenvalue weighted by Crippen LogP contribution is -2.28. The van der Waals surface area contributed by atoms with E-state index in [1.165, 1.54) is 23.3 Å². The number of para-hydroxylation sites is 1. The van der Waals surface area contributed by atoms with Crippen molar-refractivity contribution in [2.24, 2.45) is 0 Å². The van der Waals surface area contributed by atoms with Crippen molar-refractivity contribution >= 4 is 38.7 Å². The highest BCUT2D eigenvalue weighted by molar-refractivity contribution is 7.22. The van der Waals surface area contributed by atoms with Crippen LogP contribution in [0.5, 0.6) is 11.5 Å². The molecule has 10 heteroatoms. The molecule has 1 amide bonds. The molecule has 0 bridgehead atoms. The maximum absolute atomic E-state index is 13.4. The topological polar surface area (TPSA) is 64.8 Å². The van der Waals surface area contributed by atoms with E-state index < -0.39 is 17.6 Å². The van der Waals surface area contributed by atoms with Crippen LogP contribution in [-0.2, 0) is 17.5 Å². The number of benzene rings is 2. The zero-order chi connectivity index (χ0) is 23.0. The maximum Gasteiger partial charge on any atom is 0.418 e. The van der Waals surface area contributed by atoms with Crippen molar-refractivity contribution in [3.63, 3.8) is 0 Å². The molecule has 168 valence electrons. The number of hydrogen-bond donors (Lipinski definition) is 0. The van der Waals surface area contributed by atoms with E-state index in [1.807, 2.05) is 0 Å². The van der Waals surface area contributed by atoms with E-state index in [-0.39, 0.29) is 24.0 Å². The van der Waals surface area contributed by atoms with Gasteiger partial charge in [0.05, 0.1) is 28.6 Å². The number of halogens is 3. The molecule has 0 spiro atoms. The van der Waals surface area contributed by atoms with Gasteiger partial charge in [-0.15, -0.1) is 0 Å². The summed E-state index contributed by atoms with van der Waals surface area (Å²) in [6.45, 7) is 0.147. The molecule has 5 rings (SSSR count). The second-order valence-corrected chi connectivity index (χ2v) is 8.11. The molecule has 0 N–H and O–H groups in total. The lowest BCUT2D eigenvalue weighted by Gasteiger charge is -2.16. The fourth-order valence-corrected chi connectivity index (χ4v) is 4.35. The SMILES string of the molecule is O=C(/C=C/c1ccc2c(c1)OCO2)N(Cc1ccco1)c1nc2c(C(F)(F)F)cccc2s1. The lowest BCUT2D eigenvalue weighted by molar-refractivity contribution is -0.136. The highest BCUT2D eigenvalue weighted by Crippen LogP contribution is 2.39. The van der Waals surface area contributed by atoms with E-state index in [0.29, 0.717) is 27.5 Å². The van der Waals surface area contributed by atoms with Crippen LogP contribution in [0.4, 0.5) is 18.3 Å². The number of hydrogen-bond acceptors (Lipinski definition) is 6. The molecule has 0 aliphatic carbocycles. The predicted octanol–water partition coefficient (Wildman–Crippen LogP) is 5.88. The first-order valence-electron chi connectivity index (χ1n) is 9.77. The molecule has 0 unspecified atom stereocenters. The smallest absolute Gasteiger partial charge is 0.418 e. The molecule has 33 heavy (non-hydrogen) atoms. The number of furan rings is 1. The van der Waals surface area contributed by atoms with E-state index in [4.69, 9.17) is 13.9 Å². The number of nitrogens with zero attached hydrogens (tertiary/aromatic N) is 2. The maximum atomic E-state index is 13.4. The van der Waals surface area contributed by atoms with Gasteiger partial charge in [0.1, 0.15) is 5.76 Å². The van der Waals surface area contributed by atoms with Crippen LogP contribution in [0.15, 0.2) is 65.3 Å². The number of rotatable bonds is 5. The van der Waals surface area contributed by atoms with Crippen LogP contribution in [0.25, 0.3) is 16.3 Å². The Labute approximate surface area is 189 Å². The number of carbonyl (C=O) groups is 1. The van der Waals surface area contributed by atoms with Gasteiger partial charge in [0.15, 0.2) is 16.6 Å². The summed E-state index contributed by atoms with van der Waals surface area (Å²) >= 11 is 1.01. The van der Waals surface area contributed by atoms with Gasteiger partial charge in [0.2, 0.25) is 6.79 Å². The number of thiazole rings is 1. The Hall–Kier alpha value is -3.79. The summed E-state index contributed by atoms with van der Waals surface area (Å²) < 4.78 is 56.6. The summed E-state index contributed by atoms with van der Waals surface area (Å²) in [7, 11) is 0. The van der Waals surface area contributed by atoms with Crippen LogP contribution < -0.4 is 14.4 Å². The average molecular weight is 472 g/mol. The van der Waals surface area contributed by atoms with Crippen molar-refractivity contribution in [2.75, 3.05) is 11.7 Å². The molecule has 0 radical (unpaired) electrons. The van der Waals surface area contributed by atoms with Gasteiger partial charge in [-0.25, -0.2) is 4.98 Å². The number of anilines is 1. The molecule has 1 aliphatic rings. The largest absolute Gasteiger partial charge is 0.467 e. The standard InChI is InChI=1S/C23H15F3N2O4S/c24-23(25,26)16-4-1-5-19-21(16)27-22(33-19)28(12-15-3-2-10-30-15)20(29)9-7-14-6-8-17-18(11-14)32-13-31-17/h1-11H,12-13H2/b9-7+. The van der Waals surface area contributed by atoms with Crippen molar-refractivity contribution in [1.29, 1.82) is 0 Å². The van der Waals surface area contributed by atoms with Crippen LogP contribution in [0.3, 0.4) is 0 Å². The third-order valence-corrected chi connectivity index (χ3v) is 5.96. The summed E-state index contributed by atoms with van der Waals surface area (Å²) in [4.78, 5) is 18.6. The minimum Gasteiger partial charge on any atom is -0.467 e. The normalized spacial score (nSPS) is 13.2. The van der Waals surface area contributed by atoms with Gasteiger partial charge >= 0.3 is 6.18 Å². The fourth-order valence-electron chi connectivity index (χ4n) is 3.35. The number of ether oxygens (including phenoxy) is 2. The average Bonchev–Trinajstić information content (AvgIpc) is 3.54. The van der Waals surface area contributed by atoms with Crippen molar-refractivity contribution in [2.45, 2.75) is 12.7 Å². The molecule has 0 fully saturated rings. The molecule has 0 saturated heterocycles. The summed E-state index contributed by atoms with van der Waals surface area (Å²) in [5.74, 6) is 1.20. The first kappa shape index (κ1) is 21.1. The number of fused-ring (bicyclic) bond motifs is 2. The quantitative estimate of drug-likeness (QED) is 0.339. The summed E-state index contributed by atoms with van der Waals surface area (Å²) in [6, 6.07) is 12.4. The molecule has 0 atom stereocenters. The third kappa shape index (κ3) is 4.29. The Morgan fingerprint density at radius 3 is 2.76 bits per heavy atom. The second kappa shape index (κ2) is 8.28. The van der Waals surface area contributed by atoms with Crippen LogP contribution in [0.2, 0.25) is 0 Å². The van der Waals surface area contributed by atoms with Gasteiger partial charge in [0.25, 0.3) is 5.91 Å². The van der Waals surface area contributed by atoms with E-state index in [2.05, 4.69) is 4.98 Å². The molecular formula is C23H15F3N2O4S. The van der Waals surface area contributed by atoms with Crippen LogP contribution in [0, 0.1) is 0 Å². The number of aromatic nitrogens is 1. The van der Waals surface area contributed by atoms with Gasteiger partial charge in [-0.2, -0.15) is 13.2 Å². The molecule has 1 aliphatic heterocycles. The second-order valence-electron chi connectivity index (χ2n) is 7.10. The van der Waals surface area contributed by atoms with Crippen LogP contribution in [-0.4, -0.2) is 17.7 Å². The zero-order valence-corrected chi connectivity index (χ0v) is 17.7. The van der Waals surface area contributed by atoms with E-state index in [0.717, 1.165) is 17.4 Å². The zero-order valence-electron chi connectivity index (χ0n) is 16.8. The fraction of sp³-hybridized carbons (Fsp3) is 0.130. The lowest BCUT2D eigenvalue weighted by atomic mass is 10.2. The predicted molar refractivity (Wildman–Crippen MR) is 116 cm³/mol. The van der Waals surface area contributed by atoms with E-state index in [1.54, 1.807) is 42.5 Å². The molecule has 2 aromatic carbocycles.